The normalized spacial score (nSPS) is 10.2. The van der Waals surface area contributed by atoms with Crippen molar-refractivity contribution in [1.29, 1.82) is 0 Å². The number of anilines is 2. The lowest BCUT2D eigenvalue weighted by Gasteiger charge is -2.07. The van der Waals surface area contributed by atoms with Crippen molar-refractivity contribution >= 4 is 23.5 Å². The zero-order valence-electron chi connectivity index (χ0n) is 26.8. The minimum Gasteiger partial charge on any atom is -0.481 e. The molecule has 0 unspecified atom stereocenters. The summed E-state index contributed by atoms with van der Waals surface area (Å²) < 4.78 is 10.4. The highest BCUT2D eigenvalue weighted by molar-refractivity contribution is 5.91. The average molecular weight is 667 g/mol. The fourth-order valence-corrected chi connectivity index (χ4v) is 4.14. The van der Waals surface area contributed by atoms with E-state index in [0.717, 1.165) is 11.1 Å². The van der Waals surface area contributed by atoms with Gasteiger partial charge in [0.1, 0.15) is 35.3 Å². The summed E-state index contributed by atoms with van der Waals surface area (Å²) in [6.07, 6.45) is 15.1. The van der Waals surface area contributed by atoms with E-state index in [1.807, 2.05) is 30.3 Å². The number of hydrogen-bond acceptors (Lipinski definition) is 12. The van der Waals surface area contributed by atoms with Gasteiger partial charge in [-0.25, -0.2) is 29.9 Å². The Labute approximate surface area is 287 Å². The minimum absolute atomic E-state index is 0.102. The quantitative estimate of drug-likeness (QED) is 0.189. The van der Waals surface area contributed by atoms with E-state index >= 15 is 0 Å². The molecule has 0 aliphatic heterocycles. The summed E-state index contributed by atoms with van der Waals surface area (Å²) in [5, 5.41) is 5.42. The zero-order chi connectivity index (χ0) is 35.0. The second-order valence-corrected chi connectivity index (χ2v) is 10.1. The van der Waals surface area contributed by atoms with Crippen molar-refractivity contribution in [2.45, 2.75) is 13.0 Å². The molecule has 6 aromatic heterocycles. The molecule has 0 bridgehead atoms. The number of terminal acetylenes is 1. The maximum atomic E-state index is 12.1. The van der Waals surface area contributed by atoms with E-state index in [-0.39, 0.29) is 31.4 Å². The molecule has 0 aliphatic carbocycles. The van der Waals surface area contributed by atoms with Crippen LogP contribution in [0.1, 0.15) is 16.8 Å². The van der Waals surface area contributed by atoms with E-state index < -0.39 is 0 Å². The molecule has 0 aromatic carbocycles. The Morgan fingerprint density at radius 2 is 1.30 bits per heavy atom. The van der Waals surface area contributed by atoms with E-state index in [1.165, 1.54) is 0 Å². The van der Waals surface area contributed by atoms with Gasteiger partial charge >= 0.3 is 0 Å². The van der Waals surface area contributed by atoms with Crippen LogP contribution >= 0.6 is 0 Å². The van der Waals surface area contributed by atoms with E-state index in [0.29, 0.717) is 46.2 Å². The Morgan fingerprint density at radius 3 is 1.82 bits per heavy atom. The molecule has 0 aliphatic rings. The summed E-state index contributed by atoms with van der Waals surface area (Å²) in [6.45, 7) is 0.169. The maximum Gasteiger partial charge on any atom is 0.251 e. The van der Waals surface area contributed by atoms with Crippen molar-refractivity contribution in [3.05, 3.63) is 127 Å². The molecule has 2 amide bonds. The number of aromatic nitrogens is 8. The molecular weight excluding hydrogens is 636 g/mol. The molecule has 0 radical (unpaired) electrons. The predicted octanol–water partition coefficient (Wildman–Crippen LogP) is 4.19. The van der Waals surface area contributed by atoms with Gasteiger partial charge in [0.05, 0.1) is 20.1 Å². The van der Waals surface area contributed by atoms with Crippen LogP contribution in [0.5, 0.6) is 5.88 Å². The number of hydrogen-bond donors (Lipinski definition) is 2. The second-order valence-electron chi connectivity index (χ2n) is 10.1. The third kappa shape index (κ3) is 10.5. The molecule has 6 aromatic rings. The van der Waals surface area contributed by atoms with Crippen LogP contribution in [0.3, 0.4) is 0 Å². The lowest BCUT2D eigenvalue weighted by Crippen LogP contribution is -2.19. The molecule has 0 fully saturated rings. The number of carbonyl (C=O) groups excluding carboxylic acids is 2. The molecule has 14 heteroatoms. The average Bonchev–Trinajstić information content (AvgIpc) is 3.16. The molecule has 2 N–H and O–H groups in total. The Morgan fingerprint density at radius 1 is 0.680 bits per heavy atom. The number of carbonyl (C=O) groups is 2. The van der Waals surface area contributed by atoms with Gasteiger partial charge in [-0.2, -0.15) is 0 Å². The second kappa shape index (κ2) is 17.8. The molecule has 0 atom stereocenters. The first kappa shape index (κ1) is 34.4. The van der Waals surface area contributed by atoms with Crippen LogP contribution in [0.25, 0.3) is 23.0 Å². The first-order valence-corrected chi connectivity index (χ1v) is 15.1. The number of amides is 2. The molecule has 0 saturated heterocycles. The Hall–Kier alpha value is -6.98. The van der Waals surface area contributed by atoms with Crippen molar-refractivity contribution in [1.82, 2.24) is 39.9 Å². The van der Waals surface area contributed by atoms with Crippen molar-refractivity contribution < 1.29 is 19.1 Å². The first-order chi connectivity index (χ1) is 24.5. The van der Waals surface area contributed by atoms with Crippen LogP contribution in [0, 0.1) is 12.3 Å². The molecule has 6 rings (SSSR count). The fourth-order valence-electron chi connectivity index (χ4n) is 4.14. The van der Waals surface area contributed by atoms with Gasteiger partial charge < -0.3 is 20.1 Å². The van der Waals surface area contributed by atoms with Crippen molar-refractivity contribution in [2.24, 2.45) is 0 Å². The number of ether oxygens (including phenoxy) is 2. The van der Waals surface area contributed by atoms with Crippen LogP contribution < -0.4 is 15.4 Å². The maximum absolute atomic E-state index is 12.1. The van der Waals surface area contributed by atoms with E-state index in [2.05, 4.69) is 56.4 Å². The predicted molar refractivity (Wildman–Crippen MR) is 184 cm³/mol. The molecule has 14 nitrogen and oxygen atoms in total. The molecule has 0 saturated carbocycles. The van der Waals surface area contributed by atoms with Crippen LogP contribution in [0.2, 0.25) is 0 Å². The monoisotopic (exact) mass is 666 g/mol. The van der Waals surface area contributed by atoms with Crippen LogP contribution in [-0.4, -0.2) is 65.4 Å². The van der Waals surface area contributed by atoms with Gasteiger partial charge in [-0.15, -0.1) is 6.42 Å². The summed E-state index contributed by atoms with van der Waals surface area (Å²) in [5.41, 5.74) is 3.42. The zero-order valence-corrected chi connectivity index (χ0v) is 26.8. The molecule has 6 heterocycles. The van der Waals surface area contributed by atoms with Crippen molar-refractivity contribution in [2.75, 3.05) is 24.4 Å². The number of pyridine rings is 4. The lowest BCUT2D eigenvalue weighted by atomic mass is 10.2. The number of methoxy groups -OCH3 is 1. The highest BCUT2D eigenvalue weighted by Gasteiger charge is 2.09. The Bertz CT molecular complexity index is 2040. The van der Waals surface area contributed by atoms with E-state index in [9.17, 15) is 9.59 Å². The summed E-state index contributed by atoms with van der Waals surface area (Å²) in [4.78, 5) is 57.6. The van der Waals surface area contributed by atoms with Gasteiger partial charge in [-0.05, 0) is 59.7 Å². The van der Waals surface area contributed by atoms with Crippen LogP contribution in [0.4, 0.5) is 11.6 Å². The van der Waals surface area contributed by atoms with Crippen LogP contribution in [0.15, 0.2) is 110 Å². The van der Waals surface area contributed by atoms with E-state index in [1.54, 1.807) is 86.8 Å². The number of rotatable bonds is 11. The number of nitrogens with zero attached hydrogens (tertiary/aromatic N) is 8. The van der Waals surface area contributed by atoms with Gasteiger partial charge in [0.15, 0.2) is 11.6 Å². The minimum atomic E-state index is -0.308. The van der Waals surface area contributed by atoms with Gasteiger partial charge in [0, 0.05) is 43.2 Å². The Kier molecular flexibility index (Phi) is 12.2. The lowest BCUT2D eigenvalue weighted by molar-refractivity contribution is -0.121. The highest BCUT2D eigenvalue weighted by atomic mass is 16.5. The van der Waals surface area contributed by atoms with Gasteiger partial charge in [0.25, 0.3) is 5.91 Å². The number of nitrogens with one attached hydrogen (secondary N) is 2. The third-order valence-corrected chi connectivity index (χ3v) is 6.48. The van der Waals surface area contributed by atoms with Gasteiger partial charge in [-0.3, -0.25) is 19.6 Å². The smallest absolute Gasteiger partial charge is 0.251 e. The topological polar surface area (TPSA) is 180 Å². The standard InChI is InChI=1S/C18H17N5O3.C18H13N5O/c1-25-17-6-5-13(10-21-17)11-26-12-16(24)22-15-7-9-20-18(23-15)14-4-2-3-8-19-14;1-2-14-7-6-13(12-21-14)11-17(24)22-16-8-10-20-18(23-16)15-5-3-4-9-19-15/h2-10H,11-12H2,1H3,(H,20,22,23,24);1,3-10,12H,11H2,(H,20,22,23,24). The van der Waals surface area contributed by atoms with Crippen molar-refractivity contribution in [3.8, 4) is 41.3 Å². The third-order valence-electron chi connectivity index (χ3n) is 6.48. The summed E-state index contributed by atoms with van der Waals surface area (Å²) in [6, 6.07) is 21.2. The summed E-state index contributed by atoms with van der Waals surface area (Å²) in [7, 11) is 1.55. The largest absolute Gasteiger partial charge is 0.481 e. The molecule has 50 heavy (non-hydrogen) atoms. The highest BCUT2D eigenvalue weighted by Crippen LogP contribution is 2.15. The van der Waals surface area contributed by atoms with Gasteiger partial charge in [0.2, 0.25) is 11.8 Å². The Balaban J connectivity index is 0.000000195. The summed E-state index contributed by atoms with van der Waals surface area (Å²) >= 11 is 0. The summed E-state index contributed by atoms with van der Waals surface area (Å²) in [5.74, 6) is 4.16. The van der Waals surface area contributed by atoms with Crippen LogP contribution in [-0.2, 0) is 27.4 Å². The molecule has 0 spiro atoms. The van der Waals surface area contributed by atoms with Crippen molar-refractivity contribution in [3.63, 3.8) is 0 Å². The molecular formula is C36H30N10O4. The van der Waals surface area contributed by atoms with E-state index in [4.69, 9.17) is 15.9 Å². The first-order valence-electron chi connectivity index (χ1n) is 15.1. The SMILES string of the molecule is C#Cc1ccc(CC(=O)Nc2ccnc(-c3ccccn3)n2)cn1.COc1ccc(COCC(=O)Nc2ccnc(-c3ccccn3)n2)cn1. The van der Waals surface area contributed by atoms with Gasteiger partial charge in [-0.1, -0.05) is 24.1 Å². The molecule has 248 valence electrons. The fraction of sp³-hybridized carbons (Fsp3) is 0.111.